The highest BCUT2D eigenvalue weighted by atomic mass is 19.1. The van der Waals surface area contributed by atoms with Gasteiger partial charge < -0.3 is 19.7 Å². The fraction of sp³-hybridized carbons (Fsp3) is 0.500. The van der Waals surface area contributed by atoms with Gasteiger partial charge in [-0.2, -0.15) is 0 Å². The standard InChI is InChI=1S/C14H19FN2O3/c1-17(10-5-7-16-8-6-10)14(18)20-13-9-11(19-2)3-4-12(13)15/h3-4,9-10,16H,5-8H2,1-2H3. The van der Waals surface area contributed by atoms with Gasteiger partial charge in [-0.05, 0) is 38.1 Å². The van der Waals surface area contributed by atoms with Gasteiger partial charge in [0.15, 0.2) is 11.6 Å². The predicted molar refractivity (Wildman–Crippen MR) is 72.6 cm³/mol. The lowest BCUT2D eigenvalue weighted by Crippen LogP contribution is -2.45. The van der Waals surface area contributed by atoms with Gasteiger partial charge in [0.1, 0.15) is 5.75 Å². The van der Waals surface area contributed by atoms with E-state index in [-0.39, 0.29) is 11.8 Å². The molecule has 0 aliphatic carbocycles. The van der Waals surface area contributed by atoms with Crippen molar-refractivity contribution in [2.45, 2.75) is 18.9 Å². The maximum absolute atomic E-state index is 13.6. The second-order valence-corrected chi connectivity index (χ2v) is 4.76. The lowest BCUT2D eigenvalue weighted by Gasteiger charge is -2.30. The van der Waals surface area contributed by atoms with Crippen molar-refractivity contribution in [1.29, 1.82) is 0 Å². The molecule has 1 fully saturated rings. The Morgan fingerprint density at radius 3 is 2.75 bits per heavy atom. The molecule has 110 valence electrons. The number of hydrogen-bond acceptors (Lipinski definition) is 4. The normalized spacial score (nSPS) is 15.8. The van der Waals surface area contributed by atoms with E-state index in [0.29, 0.717) is 5.75 Å². The van der Waals surface area contributed by atoms with E-state index < -0.39 is 11.9 Å². The van der Waals surface area contributed by atoms with E-state index in [4.69, 9.17) is 9.47 Å². The summed E-state index contributed by atoms with van der Waals surface area (Å²) in [6.45, 7) is 1.74. The van der Waals surface area contributed by atoms with Crippen LogP contribution in [0.15, 0.2) is 18.2 Å². The number of nitrogens with one attached hydrogen (secondary N) is 1. The first-order valence-electron chi connectivity index (χ1n) is 6.60. The molecule has 0 saturated carbocycles. The molecular formula is C14H19FN2O3. The highest BCUT2D eigenvalue weighted by Gasteiger charge is 2.24. The summed E-state index contributed by atoms with van der Waals surface area (Å²) in [6, 6.07) is 4.18. The van der Waals surface area contributed by atoms with Crippen LogP contribution in [0.4, 0.5) is 9.18 Å². The largest absolute Gasteiger partial charge is 0.497 e. The summed E-state index contributed by atoms with van der Waals surface area (Å²) < 4.78 is 23.7. The van der Waals surface area contributed by atoms with Crippen molar-refractivity contribution < 1.29 is 18.7 Å². The van der Waals surface area contributed by atoms with Gasteiger partial charge in [-0.15, -0.1) is 0 Å². The maximum atomic E-state index is 13.6. The number of amides is 1. The van der Waals surface area contributed by atoms with E-state index in [2.05, 4.69) is 5.32 Å². The molecule has 1 aliphatic heterocycles. The van der Waals surface area contributed by atoms with Crippen LogP contribution >= 0.6 is 0 Å². The van der Waals surface area contributed by atoms with Gasteiger partial charge in [-0.3, -0.25) is 0 Å². The average Bonchev–Trinajstić information content (AvgIpc) is 2.49. The lowest BCUT2D eigenvalue weighted by atomic mass is 10.1. The van der Waals surface area contributed by atoms with Crippen LogP contribution in [0.25, 0.3) is 0 Å². The van der Waals surface area contributed by atoms with Crippen LogP contribution < -0.4 is 14.8 Å². The number of benzene rings is 1. The highest BCUT2D eigenvalue weighted by molar-refractivity contribution is 5.71. The SMILES string of the molecule is COc1ccc(F)c(OC(=O)N(C)C2CCNCC2)c1. The van der Waals surface area contributed by atoms with E-state index in [1.807, 2.05) is 0 Å². The van der Waals surface area contributed by atoms with E-state index in [0.717, 1.165) is 25.9 Å². The van der Waals surface area contributed by atoms with Crippen LogP contribution in [0.5, 0.6) is 11.5 Å². The second-order valence-electron chi connectivity index (χ2n) is 4.76. The summed E-state index contributed by atoms with van der Waals surface area (Å²) in [6.07, 6.45) is 1.18. The Labute approximate surface area is 117 Å². The molecule has 1 aromatic carbocycles. The summed E-state index contributed by atoms with van der Waals surface area (Å²) >= 11 is 0. The first-order chi connectivity index (χ1) is 9.61. The minimum atomic E-state index is -0.585. The van der Waals surface area contributed by atoms with E-state index in [1.54, 1.807) is 7.05 Å². The number of carbonyl (C=O) groups is 1. The summed E-state index contributed by atoms with van der Waals surface area (Å²) in [5.74, 6) is -0.258. The molecule has 0 radical (unpaired) electrons. The quantitative estimate of drug-likeness (QED) is 0.921. The monoisotopic (exact) mass is 282 g/mol. The molecule has 20 heavy (non-hydrogen) atoms. The number of halogens is 1. The van der Waals surface area contributed by atoms with Gasteiger partial charge >= 0.3 is 6.09 Å². The van der Waals surface area contributed by atoms with Crippen LogP contribution in [0.3, 0.4) is 0 Å². The molecule has 0 spiro atoms. The Bertz CT molecular complexity index is 475. The summed E-state index contributed by atoms with van der Waals surface area (Å²) in [7, 11) is 3.15. The molecule has 0 bridgehead atoms. The third kappa shape index (κ3) is 3.39. The molecule has 1 heterocycles. The summed E-state index contributed by atoms with van der Waals surface area (Å²) in [5.41, 5.74) is 0. The molecule has 1 saturated heterocycles. The van der Waals surface area contributed by atoms with Crippen molar-refractivity contribution in [2.75, 3.05) is 27.2 Å². The van der Waals surface area contributed by atoms with Gasteiger partial charge in [0.25, 0.3) is 0 Å². The molecule has 0 atom stereocenters. The minimum Gasteiger partial charge on any atom is -0.497 e. The topological polar surface area (TPSA) is 50.8 Å². The van der Waals surface area contributed by atoms with Gasteiger partial charge in [0, 0.05) is 19.2 Å². The van der Waals surface area contributed by atoms with E-state index >= 15 is 0 Å². The van der Waals surface area contributed by atoms with Crippen LogP contribution in [0.2, 0.25) is 0 Å². The zero-order chi connectivity index (χ0) is 14.5. The van der Waals surface area contributed by atoms with Crippen molar-refractivity contribution in [3.05, 3.63) is 24.0 Å². The van der Waals surface area contributed by atoms with Gasteiger partial charge in [0.05, 0.1) is 7.11 Å². The van der Waals surface area contributed by atoms with E-state index in [9.17, 15) is 9.18 Å². The third-order valence-electron chi connectivity index (χ3n) is 3.48. The molecule has 2 rings (SSSR count). The summed E-state index contributed by atoms with van der Waals surface area (Å²) in [4.78, 5) is 13.6. The summed E-state index contributed by atoms with van der Waals surface area (Å²) in [5, 5.41) is 3.23. The Hall–Kier alpha value is -1.82. The second kappa shape index (κ2) is 6.56. The molecule has 1 N–H and O–H groups in total. The minimum absolute atomic E-state index is 0.116. The molecule has 0 aromatic heterocycles. The first-order valence-corrected chi connectivity index (χ1v) is 6.60. The number of ether oxygens (including phenoxy) is 2. The van der Waals surface area contributed by atoms with Gasteiger partial charge in [0.2, 0.25) is 0 Å². The predicted octanol–water partition coefficient (Wildman–Crippen LogP) is 2.02. The Morgan fingerprint density at radius 2 is 2.10 bits per heavy atom. The highest BCUT2D eigenvalue weighted by Crippen LogP contribution is 2.24. The number of hydrogen-bond donors (Lipinski definition) is 1. The van der Waals surface area contributed by atoms with Crippen molar-refractivity contribution >= 4 is 6.09 Å². The fourth-order valence-electron chi connectivity index (χ4n) is 2.20. The molecule has 5 nitrogen and oxygen atoms in total. The first kappa shape index (κ1) is 14.6. The van der Waals surface area contributed by atoms with Crippen LogP contribution in [0.1, 0.15) is 12.8 Å². The Morgan fingerprint density at radius 1 is 1.40 bits per heavy atom. The number of piperidine rings is 1. The van der Waals surface area contributed by atoms with Crippen molar-refractivity contribution in [3.63, 3.8) is 0 Å². The van der Waals surface area contributed by atoms with Gasteiger partial charge in [-0.25, -0.2) is 9.18 Å². The van der Waals surface area contributed by atoms with E-state index in [1.165, 1.54) is 30.2 Å². The van der Waals surface area contributed by atoms with Crippen LogP contribution in [0, 0.1) is 5.82 Å². The number of rotatable bonds is 3. The average molecular weight is 282 g/mol. The molecular weight excluding hydrogens is 263 g/mol. The maximum Gasteiger partial charge on any atom is 0.415 e. The van der Waals surface area contributed by atoms with Crippen molar-refractivity contribution in [2.24, 2.45) is 0 Å². The molecule has 1 aliphatic rings. The van der Waals surface area contributed by atoms with Crippen molar-refractivity contribution in [3.8, 4) is 11.5 Å². The number of nitrogens with zero attached hydrogens (tertiary/aromatic N) is 1. The van der Waals surface area contributed by atoms with Crippen LogP contribution in [-0.4, -0.2) is 44.3 Å². The van der Waals surface area contributed by atoms with Crippen molar-refractivity contribution in [1.82, 2.24) is 10.2 Å². The fourth-order valence-corrected chi connectivity index (χ4v) is 2.20. The smallest absolute Gasteiger partial charge is 0.415 e. The third-order valence-corrected chi connectivity index (χ3v) is 3.48. The Balaban J connectivity index is 2.03. The lowest BCUT2D eigenvalue weighted by molar-refractivity contribution is 0.133. The molecule has 0 unspecified atom stereocenters. The molecule has 1 aromatic rings. The zero-order valence-corrected chi connectivity index (χ0v) is 11.7. The number of carbonyl (C=O) groups excluding carboxylic acids is 1. The van der Waals surface area contributed by atoms with Crippen LogP contribution in [-0.2, 0) is 0 Å². The zero-order valence-electron chi connectivity index (χ0n) is 11.7. The molecule has 6 heteroatoms. The Kier molecular flexibility index (Phi) is 4.79. The van der Waals surface area contributed by atoms with Gasteiger partial charge in [-0.1, -0.05) is 0 Å². The molecule has 1 amide bonds. The number of methoxy groups -OCH3 is 1.